The molecule has 1 saturated heterocycles. The van der Waals surface area contributed by atoms with Crippen molar-refractivity contribution in [3.63, 3.8) is 0 Å². The van der Waals surface area contributed by atoms with Gasteiger partial charge in [-0.2, -0.15) is 0 Å². The van der Waals surface area contributed by atoms with E-state index in [0.717, 1.165) is 5.56 Å². The third-order valence-corrected chi connectivity index (χ3v) is 6.81. The van der Waals surface area contributed by atoms with Crippen molar-refractivity contribution in [1.29, 1.82) is 0 Å². The van der Waals surface area contributed by atoms with Crippen LogP contribution in [0.5, 0.6) is 0 Å². The lowest BCUT2D eigenvalue weighted by atomic mass is 9.95. The maximum Gasteiger partial charge on any atom is 0.241 e. The van der Waals surface area contributed by atoms with E-state index in [2.05, 4.69) is 10.6 Å². The van der Waals surface area contributed by atoms with Crippen LogP contribution in [0, 0.1) is 0 Å². The highest BCUT2D eigenvalue weighted by Gasteiger charge is 2.48. The van der Waals surface area contributed by atoms with Crippen LogP contribution >= 0.6 is 24.8 Å². The van der Waals surface area contributed by atoms with Crippen LogP contribution in [-0.4, -0.2) is 64.0 Å². The van der Waals surface area contributed by atoms with Crippen LogP contribution < -0.4 is 10.6 Å². The monoisotopic (exact) mass is 425 g/mol. The number of carbonyl (C=O) groups excluding carboxylic acids is 1. The molecule has 2 rings (SSSR count). The van der Waals surface area contributed by atoms with Crippen LogP contribution in [0.15, 0.2) is 30.3 Å². The number of amides is 1. The molecule has 26 heavy (non-hydrogen) atoms. The second-order valence-electron chi connectivity index (χ2n) is 6.62. The fraction of sp³-hybridized carbons (Fsp3) is 0.588. The van der Waals surface area contributed by atoms with E-state index in [0.29, 0.717) is 32.5 Å². The first-order valence-corrected chi connectivity index (χ1v) is 10.1. The van der Waals surface area contributed by atoms with E-state index in [4.69, 9.17) is 0 Å². The molecule has 0 aliphatic carbocycles. The molecule has 0 bridgehead atoms. The summed E-state index contributed by atoms with van der Waals surface area (Å²) in [6.45, 7) is 1.45. The Morgan fingerprint density at radius 1 is 1.19 bits per heavy atom. The van der Waals surface area contributed by atoms with E-state index < -0.39 is 14.6 Å². The van der Waals surface area contributed by atoms with Gasteiger partial charge in [-0.15, -0.1) is 24.8 Å². The Kier molecular flexibility index (Phi) is 10.1. The van der Waals surface area contributed by atoms with Gasteiger partial charge in [-0.1, -0.05) is 30.3 Å². The zero-order valence-electron chi connectivity index (χ0n) is 15.4. The second kappa shape index (κ2) is 10.5. The lowest BCUT2D eigenvalue weighted by molar-refractivity contribution is -0.124. The van der Waals surface area contributed by atoms with Crippen molar-refractivity contribution in [2.75, 3.05) is 40.0 Å². The van der Waals surface area contributed by atoms with Gasteiger partial charge in [0.25, 0.3) is 0 Å². The van der Waals surface area contributed by atoms with Crippen molar-refractivity contribution < 1.29 is 13.2 Å². The smallest absolute Gasteiger partial charge is 0.241 e. The Hall–Kier alpha value is -0.860. The summed E-state index contributed by atoms with van der Waals surface area (Å²) in [5, 5.41) is 6.01. The first kappa shape index (κ1) is 25.1. The van der Waals surface area contributed by atoms with Crippen LogP contribution in [0.2, 0.25) is 0 Å². The minimum Gasteiger partial charge on any atom is -0.353 e. The molecule has 0 saturated carbocycles. The van der Waals surface area contributed by atoms with Crippen LogP contribution in [0.1, 0.15) is 24.4 Å². The summed E-state index contributed by atoms with van der Waals surface area (Å²) >= 11 is 0. The Morgan fingerprint density at radius 2 is 1.73 bits per heavy atom. The van der Waals surface area contributed by atoms with Crippen molar-refractivity contribution >= 4 is 40.6 Å². The van der Waals surface area contributed by atoms with Crippen molar-refractivity contribution in [3.8, 4) is 0 Å². The molecule has 1 heterocycles. The molecular weight excluding hydrogens is 397 g/mol. The maximum atomic E-state index is 12.8. The van der Waals surface area contributed by atoms with Gasteiger partial charge in [0.1, 0.15) is 0 Å². The maximum absolute atomic E-state index is 12.8. The van der Waals surface area contributed by atoms with Crippen LogP contribution in [-0.2, 0) is 14.6 Å². The second-order valence-corrected chi connectivity index (χ2v) is 8.94. The number of carbonyl (C=O) groups is 1. The Balaban J connectivity index is 0.00000312. The molecule has 1 amide bonds. The molecule has 1 aliphatic rings. The minimum atomic E-state index is -3.49. The standard InChI is InChI=1S/C17H27N3O3S.2ClH/c1-20(2)15(14-7-5-4-6-8-14)13-19-16(21)17(24(3,22)23)9-11-18-12-10-17;;/h4-8,15,18H,9-13H2,1-3H3,(H,19,21);2*1H. The van der Waals surface area contributed by atoms with Gasteiger partial charge < -0.3 is 15.5 Å². The predicted octanol–water partition coefficient (Wildman–Crippen LogP) is 1.42. The topological polar surface area (TPSA) is 78.5 Å². The highest BCUT2D eigenvalue weighted by Crippen LogP contribution is 2.28. The van der Waals surface area contributed by atoms with Crippen molar-refractivity contribution in [2.45, 2.75) is 23.6 Å². The number of nitrogens with zero attached hydrogens (tertiary/aromatic N) is 1. The quantitative estimate of drug-likeness (QED) is 0.720. The third kappa shape index (κ3) is 5.57. The highest BCUT2D eigenvalue weighted by molar-refractivity contribution is 7.92. The van der Waals surface area contributed by atoms with Gasteiger partial charge in [-0.25, -0.2) is 8.42 Å². The molecule has 0 aromatic heterocycles. The summed E-state index contributed by atoms with van der Waals surface area (Å²) in [7, 11) is 0.405. The predicted molar refractivity (Wildman–Crippen MR) is 110 cm³/mol. The molecular formula is C17H29Cl2N3O3S. The van der Waals surface area contributed by atoms with Gasteiger partial charge in [-0.3, -0.25) is 4.79 Å². The lowest BCUT2D eigenvalue weighted by Gasteiger charge is -2.35. The van der Waals surface area contributed by atoms with Gasteiger partial charge in [0, 0.05) is 12.8 Å². The van der Waals surface area contributed by atoms with Gasteiger partial charge in [0.2, 0.25) is 5.91 Å². The van der Waals surface area contributed by atoms with E-state index in [1.807, 2.05) is 49.3 Å². The first-order chi connectivity index (χ1) is 11.3. The fourth-order valence-electron chi connectivity index (χ4n) is 3.22. The molecule has 0 radical (unpaired) electrons. The molecule has 1 aliphatic heterocycles. The Bertz CT molecular complexity index is 663. The van der Waals surface area contributed by atoms with E-state index >= 15 is 0 Å². The van der Waals surface area contributed by atoms with E-state index in [-0.39, 0.29) is 36.8 Å². The van der Waals surface area contributed by atoms with Crippen molar-refractivity contribution in [1.82, 2.24) is 15.5 Å². The number of piperidine rings is 1. The number of hydrogen-bond acceptors (Lipinski definition) is 5. The van der Waals surface area contributed by atoms with Gasteiger partial charge in [0.05, 0.1) is 6.04 Å². The average molecular weight is 426 g/mol. The molecule has 1 atom stereocenters. The summed E-state index contributed by atoms with van der Waals surface area (Å²) < 4.78 is 23.3. The zero-order valence-corrected chi connectivity index (χ0v) is 17.8. The molecule has 150 valence electrons. The summed E-state index contributed by atoms with van der Waals surface area (Å²) in [6, 6.07) is 9.87. The van der Waals surface area contributed by atoms with Gasteiger partial charge in [0.15, 0.2) is 14.6 Å². The first-order valence-electron chi connectivity index (χ1n) is 8.18. The summed E-state index contributed by atoms with van der Waals surface area (Å²) in [5.41, 5.74) is 1.08. The number of benzene rings is 1. The Morgan fingerprint density at radius 3 is 2.19 bits per heavy atom. The molecule has 6 nitrogen and oxygen atoms in total. The lowest BCUT2D eigenvalue weighted by Crippen LogP contribution is -2.58. The summed E-state index contributed by atoms with van der Waals surface area (Å²) in [5.74, 6) is -0.380. The molecule has 9 heteroatoms. The largest absolute Gasteiger partial charge is 0.353 e. The number of halogens is 2. The zero-order chi connectivity index (χ0) is 17.8. The normalized spacial score (nSPS) is 17.5. The number of likely N-dealkylation sites (N-methyl/N-ethyl adjacent to an activating group) is 1. The van der Waals surface area contributed by atoms with Gasteiger partial charge >= 0.3 is 0 Å². The SMILES string of the molecule is CN(C)C(CNC(=O)C1(S(C)(=O)=O)CCNCC1)c1ccccc1.Cl.Cl. The van der Waals surface area contributed by atoms with E-state index in [1.165, 1.54) is 6.26 Å². The summed E-state index contributed by atoms with van der Waals surface area (Å²) in [4.78, 5) is 14.8. The minimum absolute atomic E-state index is 0. The fourth-order valence-corrected chi connectivity index (χ4v) is 4.58. The van der Waals surface area contributed by atoms with Crippen molar-refractivity contribution in [3.05, 3.63) is 35.9 Å². The molecule has 1 aromatic rings. The Labute approximate surface area is 168 Å². The van der Waals surface area contributed by atoms with Crippen LogP contribution in [0.25, 0.3) is 0 Å². The molecule has 1 fully saturated rings. The highest BCUT2D eigenvalue weighted by atomic mass is 35.5. The third-order valence-electron chi connectivity index (χ3n) is 4.80. The number of rotatable bonds is 6. The van der Waals surface area contributed by atoms with Gasteiger partial charge in [-0.05, 0) is 45.6 Å². The summed E-state index contributed by atoms with van der Waals surface area (Å²) in [6.07, 6.45) is 1.80. The molecule has 0 spiro atoms. The van der Waals surface area contributed by atoms with Crippen molar-refractivity contribution in [2.24, 2.45) is 0 Å². The number of hydrogen-bond donors (Lipinski definition) is 2. The van der Waals surface area contributed by atoms with E-state index in [1.54, 1.807) is 0 Å². The molecule has 1 unspecified atom stereocenters. The van der Waals surface area contributed by atoms with Crippen LogP contribution in [0.3, 0.4) is 0 Å². The number of nitrogens with one attached hydrogen (secondary N) is 2. The number of sulfone groups is 1. The molecule has 1 aromatic carbocycles. The van der Waals surface area contributed by atoms with Crippen LogP contribution in [0.4, 0.5) is 0 Å². The molecule has 2 N–H and O–H groups in total. The average Bonchev–Trinajstić information content (AvgIpc) is 2.55. The van der Waals surface area contributed by atoms with E-state index in [9.17, 15) is 13.2 Å².